The minimum Gasteiger partial charge on any atom is -0.321 e. The van der Waals surface area contributed by atoms with Crippen molar-refractivity contribution in [2.24, 2.45) is 0 Å². The van der Waals surface area contributed by atoms with Crippen LogP contribution in [-0.2, 0) is 4.79 Å². The van der Waals surface area contributed by atoms with E-state index in [9.17, 15) is 9.18 Å². The van der Waals surface area contributed by atoms with Gasteiger partial charge in [0.25, 0.3) is 5.91 Å². The Bertz CT molecular complexity index is 758. The molecule has 0 atom stereocenters. The summed E-state index contributed by atoms with van der Waals surface area (Å²) in [7, 11) is 0. The Morgan fingerprint density at radius 2 is 2.00 bits per heavy atom. The number of amides is 1. The van der Waals surface area contributed by atoms with Crippen molar-refractivity contribution in [3.05, 3.63) is 62.8 Å². The fourth-order valence-corrected chi connectivity index (χ4v) is 2.65. The third-order valence-electron chi connectivity index (χ3n) is 3.02. The molecule has 1 aliphatic heterocycles. The maximum atomic E-state index is 13.2. The second kappa shape index (κ2) is 5.04. The van der Waals surface area contributed by atoms with Crippen molar-refractivity contribution >= 4 is 50.8 Å². The van der Waals surface area contributed by atoms with Gasteiger partial charge in [-0.1, -0.05) is 23.7 Å². The van der Waals surface area contributed by atoms with E-state index in [-0.39, 0.29) is 11.7 Å². The lowest BCUT2D eigenvalue weighted by atomic mass is 10.0. The van der Waals surface area contributed by atoms with Crippen LogP contribution in [-0.4, -0.2) is 5.91 Å². The maximum Gasteiger partial charge on any atom is 0.256 e. The summed E-state index contributed by atoms with van der Waals surface area (Å²) in [6, 6.07) is 9.83. The molecule has 20 heavy (non-hydrogen) atoms. The van der Waals surface area contributed by atoms with Crippen LogP contribution in [0.3, 0.4) is 0 Å². The molecule has 0 radical (unpaired) electrons. The number of hydrogen-bond acceptors (Lipinski definition) is 1. The first kappa shape index (κ1) is 13.3. The molecule has 5 heteroatoms. The number of halogens is 3. The van der Waals surface area contributed by atoms with Crippen LogP contribution >= 0.6 is 27.5 Å². The average Bonchev–Trinajstić information content (AvgIpc) is 2.69. The number of carbonyl (C=O) groups excluding carboxylic acids is 1. The molecule has 1 aliphatic rings. The molecule has 2 nitrogen and oxygen atoms in total. The maximum absolute atomic E-state index is 13.2. The van der Waals surface area contributed by atoms with Gasteiger partial charge in [0.15, 0.2) is 0 Å². The number of benzene rings is 2. The average molecular weight is 353 g/mol. The Hall–Kier alpha value is -1.65. The smallest absolute Gasteiger partial charge is 0.256 e. The summed E-state index contributed by atoms with van der Waals surface area (Å²) in [4.78, 5) is 12.0. The third-order valence-corrected chi connectivity index (χ3v) is 3.86. The van der Waals surface area contributed by atoms with E-state index in [2.05, 4.69) is 21.2 Å². The van der Waals surface area contributed by atoms with Gasteiger partial charge in [0.2, 0.25) is 0 Å². The van der Waals surface area contributed by atoms with E-state index in [1.165, 1.54) is 6.07 Å². The lowest BCUT2D eigenvalue weighted by Crippen LogP contribution is -2.03. The van der Waals surface area contributed by atoms with E-state index in [0.29, 0.717) is 20.8 Å². The molecule has 1 heterocycles. The molecule has 100 valence electrons. The molecule has 0 saturated carbocycles. The third kappa shape index (κ3) is 2.37. The fourth-order valence-electron chi connectivity index (χ4n) is 2.08. The van der Waals surface area contributed by atoms with E-state index < -0.39 is 0 Å². The minimum absolute atomic E-state index is 0.192. The first-order valence-corrected chi connectivity index (χ1v) is 7.00. The minimum atomic E-state index is -0.338. The van der Waals surface area contributed by atoms with Gasteiger partial charge in [0.05, 0.1) is 10.2 Å². The molecule has 0 saturated heterocycles. The van der Waals surface area contributed by atoms with Crippen LogP contribution in [0.2, 0.25) is 5.02 Å². The molecule has 0 fully saturated rings. The predicted octanol–water partition coefficient (Wildman–Crippen LogP) is 4.73. The summed E-state index contributed by atoms with van der Waals surface area (Å²) in [5.41, 5.74) is 2.76. The van der Waals surface area contributed by atoms with E-state index in [0.717, 1.165) is 11.1 Å². The first-order valence-electron chi connectivity index (χ1n) is 5.82. The standard InChI is InChI=1S/C15H8BrClFNO/c16-12-6-8(1-4-13(12)18)5-11-10-3-2-9(17)7-14(10)19-15(11)20/h1-7H,(H,19,20). The first-order chi connectivity index (χ1) is 9.54. The van der Waals surface area contributed by atoms with Gasteiger partial charge in [-0.15, -0.1) is 0 Å². The molecular weight excluding hydrogens is 345 g/mol. The number of hydrogen-bond donors (Lipinski definition) is 1. The van der Waals surface area contributed by atoms with Gasteiger partial charge in [0.1, 0.15) is 5.82 Å². The number of carbonyl (C=O) groups is 1. The van der Waals surface area contributed by atoms with Crippen LogP contribution in [0, 0.1) is 5.82 Å². The molecule has 0 spiro atoms. The van der Waals surface area contributed by atoms with E-state index >= 15 is 0 Å². The van der Waals surface area contributed by atoms with Crippen LogP contribution in [0.5, 0.6) is 0 Å². The number of fused-ring (bicyclic) bond motifs is 1. The van der Waals surface area contributed by atoms with Crippen LogP contribution in [0.25, 0.3) is 11.6 Å². The largest absolute Gasteiger partial charge is 0.321 e. The molecule has 3 rings (SSSR count). The van der Waals surface area contributed by atoms with Gasteiger partial charge in [-0.2, -0.15) is 0 Å². The molecule has 1 N–H and O–H groups in total. The normalized spacial score (nSPS) is 15.3. The summed E-state index contributed by atoms with van der Waals surface area (Å²) in [6.45, 7) is 0. The highest BCUT2D eigenvalue weighted by atomic mass is 79.9. The summed E-state index contributed by atoms with van der Waals surface area (Å²) in [5, 5.41) is 3.32. The van der Waals surface area contributed by atoms with Crippen LogP contribution in [0.1, 0.15) is 11.1 Å². The fraction of sp³-hybridized carbons (Fsp3) is 0. The molecule has 0 aliphatic carbocycles. The predicted molar refractivity (Wildman–Crippen MR) is 82.1 cm³/mol. The van der Waals surface area contributed by atoms with Crippen molar-refractivity contribution in [1.29, 1.82) is 0 Å². The van der Waals surface area contributed by atoms with Crippen molar-refractivity contribution in [2.45, 2.75) is 0 Å². The van der Waals surface area contributed by atoms with Crippen molar-refractivity contribution in [3.8, 4) is 0 Å². The monoisotopic (exact) mass is 351 g/mol. The molecule has 1 amide bonds. The van der Waals surface area contributed by atoms with Crippen LogP contribution in [0.4, 0.5) is 10.1 Å². The number of nitrogens with one attached hydrogen (secondary N) is 1. The Kier molecular flexibility index (Phi) is 3.36. The lowest BCUT2D eigenvalue weighted by Gasteiger charge is -2.00. The highest BCUT2D eigenvalue weighted by molar-refractivity contribution is 9.10. The second-order valence-corrected chi connectivity index (χ2v) is 5.67. The van der Waals surface area contributed by atoms with Crippen molar-refractivity contribution in [2.75, 3.05) is 5.32 Å². The van der Waals surface area contributed by atoms with Gasteiger partial charge < -0.3 is 5.32 Å². The van der Waals surface area contributed by atoms with Gasteiger partial charge >= 0.3 is 0 Å². The van der Waals surface area contributed by atoms with Crippen molar-refractivity contribution in [3.63, 3.8) is 0 Å². The molecule has 0 unspecified atom stereocenters. The lowest BCUT2D eigenvalue weighted by molar-refractivity contribution is -0.110. The van der Waals surface area contributed by atoms with E-state index in [1.807, 2.05) is 0 Å². The second-order valence-electron chi connectivity index (χ2n) is 4.38. The van der Waals surface area contributed by atoms with Gasteiger partial charge in [0, 0.05) is 16.2 Å². The van der Waals surface area contributed by atoms with Gasteiger partial charge in [-0.25, -0.2) is 4.39 Å². The number of rotatable bonds is 1. The molecule has 2 aromatic carbocycles. The Morgan fingerprint density at radius 3 is 2.75 bits per heavy atom. The van der Waals surface area contributed by atoms with Gasteiger partial charge in [-0.3, -0.25) is 4.79 Å². The molecule has 2 aromatic rings. The molecule has 0 aromatic heterocycles. The quantitative estimate of drug-likeness (QED) is 0.738. The van der Waals surface area contributed by atoms with Crippen molar-refractivity contribution < 1.29 is 9.18 Å². The zero-order valence-corrected chi connectivity index (χ0v) is 12.4. The van der Waals surface area contributed by atoms with Crippen LogP contribution < -0.4 is 5.32 Å². The molecular formula is C15H8BrClFNO. The Balaban J connectivity index is 2.08. The highest BCUT2D eigenvalue weighted by Crippen LogP contribution is 2.35. The molecule has 0 bridgehead atoms. The topological polar surface area (TPSA) is 29.1 Å². The van der Waals surface area contributed by atoms with Crippen LogP contribution in [0.15, 0.2) is 40.9 Å². The summed E-state index contributed by atoms with van der Waals surface area (Å²) < 4.78 is 13.6. The zero-order valence-electron chi connectivity index (χ0n) is 10.1. The zero-order chi connectivity index (χ0) is 14.3. The SMILES string of the molecule is O=C1Nc2cc(Cl)ccc2C1=Cc1ccc(F)c(Br)c1. The summed E-state index contributed by atoms with van der Waals surface area (Å²) in [5.74, 6) is -0.530. The Morgan fingerprint density at radius 1 is 1.20 bits per heavy atom. The van der Waals surface area contributed by atoms with Gasteiger partial charge in [-0.05, 0) is 51.8 Å². The van der Waals surface area contributed by atoms with E-state index in [4.69, 9.17) is 11.6 Å². The summed E-state index contributed by atoms with van der Waals surface area (Å²) in [6.07, 6.45) is 1.72. The highest BCUT2D eigenvalue weighted by Gasteiger charge is 2.24. The van der Waals surface area contributed by atoms with E-state index in [1.54, 1.807) is 36.4 Å². The Labute approximate surface area is 128 Å². The number of anilines is 1. The van der Waals surface area contributed by atoms with Crippen molar-refractivity contribution in [1.82, 2.24) is 0 Å². The summed E-state index contributed by atoms with van der Waals surface area (Å²) >= 11 is 9.03.